The van der Waals surface area contributed by atoms with Crippen LogP contribution in [0.4, 0.5) is 0 Å². The topological polar surface area (TPSA) is 83.8 Å². The molecule has 0 aliphatic carbocycles. The van der Waals surface area contributed by atoms with E-state index in [0.717, 1.165) is 12.8 Å². The zero-order valence-corrected chi connectivity index (χ0v) is 13.5. The predicted molar refractivity (Wildman–Crippen MR) is 83.5 cm³/mol. The number of hydrogen-bond acceptors (Lipinski definition) is 5. The van der Waals surface area contributed by atoms with E-state index in [1.807, 2.05) is 0 Å². The lowest BCUT2D eigenvalue weighted by molar-refractivity contribution is -0.142. The van der Waals surface area contributed by atoms with Crippen LogP contribution in [0.1, 0.15) is 71.1 Å². The van der Waals surface area contributed by atoms with E-state index in [2.05, 4.69) is 6.92 Å². The fourth-order valence-corrected chi connectivity index (χ4v) is 2.61. The Kier molecular flexibility index (Phi) is 8.82. The first-order chi connectivity index (χ1) is 10.6. The summed E-state index contributed by atoms with van der Waals surface area (Å²) in [6.45, 7) is 1.69. The van der Waals surface area contributed by atoms with Crippen molar-refractivity contribution >= 4 is 11.8 Å². The van der Waals surface area contributed by atoms with Crippen LogP contribution in [-0.4, -0.2) is 34.7 Å². The Labute approximate surface area is 132 Å². The fourth-order valence-electron chi connectivity index (χ4n) is 2.61. The van der Waals surface area contributed by atoms with Crippen LogP contribution in [-0.2, 0) is 14.3 Å². The van der Waals surface area contributed by atoms with Gasteiger partial charge in [0, 0.05) is 6.42 Å². The van der Waals surface area contributed by atoms with Gasteiger partial charge in [-0.05, 0) is 6.42 Å². The van der Waals surface area contributed by atoms with Gasteiger partial charge in [0.05, 0.1) is 6.61 Å². The molecular weight excluding hydrogens is 284 g/mol. The lowest BCUT2D eigenvalue weighted by atomic mass is 10.0. The Morgan fingerprint density at radius 3 is 2.09 bits per heavy atom. The van der Waals surface area contributed by atoms with E-state index in [1.165, 1.54) is 38.5 Å². The number of rotatable bonds is 12. The van der Waals surface area contributed by atoms with Crippen molar-refractivity contribution in [1.29, 1.82) is 0 Å². The number of unbranched alkanes of at least 4 members (excludes halogenated alkanes) is 8. The standard InChI is InChI=1S/C17H28O5/c1-2-3-4-5-6-7-8-9-10-11-13(19)15-16(20)14(12-18)22-17(15)21/h14,18,20H,2-12H2,1H3. The number of cyclic esters (lactones) is 1. The highest BCUT2D eigenvalue weighted by Gasteiger charge is 2.37. The van der Waals surface area contributed by atoms with Crippen molar-refractivity contribution in [1.82, 2.24) is 0 Å². The van der Waals surface area contributed by atoms with Crippen LogP contribution in [0.3, 0.4) is 0 Å². The number of Topliss-reactive ketones (excluding diaryl/α,β-unsaturated/α-hetero) is 1. The first-order valence-corrected chi connectivity index (χ1v) is 8.40. The summed E-state index contributed by atoms with van der Waals surface area (Å²) in [5.41, 5.74) is -0.279. The average molecular weight is 312 g/mol. The molecule has 0 amide bonds. The van der Waals surface area contributed by atoms with Crippen molar-refractivity contribution in [2.45, 2.75) is 77.2 Å². The fraction of sp³-hybridized carbons (Fsp3) is 0.765. The Hall–Kier alpha value is -1.36. The zero-order valence-electron chi connectivity index (χ0n) is 13.5. The molecule has 0 fully saturated rings. The van der Waals surface area contributed by atoms with Crippen molar-refractivity contribution in [3.63, 3.8) is 0 Å². The Balaban J connectivity index is 2.16. The van der Waals surface area contributed by atoms with Gasteiger partial charge in [-0.25, -0.2) is 4.79 Å². The summed E-state index contributed by atoms with van der Waals surface area (Å²) >= 11 is 0. The number of ether oxygens (including phenoxy) is 1. The van der Waals surface area contributed by atoms with Gasteiger partial charge in [-0.1, -0.05) is 58.3 Å². The van der Waals surface area contributed by atoms with Gasteiger partial charge in [-0.2, -0.15) is 0 Å². The van der Waals surface area contributed by atoms with Gasteiger partial charge < -0.3 is 14.9 Å². The van der Waals surface area contributed by atoms with E-state index in [1.54, 1.807) is 0 Å². The zero-order chi connectivity index (χ0) is 16.4. The second-order valence-corrected chi connectivity index (χ2v) is 5.84. The monoisotopic (exact) mass is 312 g/mol. The summed E-state index contributed by atoms with van der Waals surface area (Å²) in [6, 6.07) is 0. The quantitative estimate of drug-likeness (QED) is 0.328. The highest BCUT2D eigenvalue weighted by molar-refractivity contribution is 6.19. The van der Waals surface area contributed by atoms with Crippen LogP contribution in [0.2, 0.25) is 0 Å². The van der Waals surface area contributed by atoms with Gasteiger partial charge in [-0.15, -0.1) is 0 Å². The predicted octanol–water partition coefficient (Wildman–Crippen LogP) is 3.21. The number of carbonyl (C=O) groups excluding carboxylic acids is 2. The lowest BCUT2D eigenvalue weighted by Crippen LogP contribution is -2.15. The van der Waals surface area contributed by atoms with E-state index >= 15 is 0 Å². The molecule has 126 valence electrons. The molecule has 1 aliphatic heterocycles. The number of aliphatic hydroxyl groups excluding tert-OH is 2. The Bertz CT molecular complexity index is 400. The second-order valence-electron chi connectivity index (χ2n) is 5.84. The van der Waals surface area contributed by atoms with Crippen LogP contribution in [0, 0.1) is 0 Å². The third-order valence-corrected chi connectivity index (χ3v) is 3.97. The molecule has 1 aliphatic rings. The molecule has 0 saturated heterocycles. The number of esters is 1. The first kappa shape index (κ1) is 18.7. The van der Waals surface area contributed by atoms with Crippen LogP contribution in [0.15, 0.2) is 11.3 Å². The molecule has 0 saturated carbocycles. The van der Waals surface area contributed by atoms with Gasteiger partial charge in [0.2, 0.25) is 0 Å². The molecule has 1 unspecified atom stereocenters. The van der Waals surface area contributed by atoms with Gasteiger partial charge >= 0.3 is 5.97 Å². The van der Waals surface area contributed by atoms with Crippen molar-refractivity contribution in [3.8, 4) is 0 Å². The van der Waals surface area contributed by atoms with E-state index < -0.39 is 24.4 Å². The number of ketones is 1. The molecule has 5 heteroatoms. The summed E-state index contributed by atoms with van der Waals surface area (Å²) in [4.78, 5) is 23.4. The van der Waals surface area contributed by atoms with Crippen LogP contribution >= 0.6 is 0 Å². The molecule has 1 heterocycles. The third kappa shape index (κ3) is 5.79. The second kappa shape index (κ2) is 10.4. The van der Waals surface area contributed by atoms with Gasteiger partial charge in [-0.3, -0.25) is 4.79 Å². The molecule has 0 spiro atoms. The molecule has 0 aromatic heterocycles. The third-order valence-electron chi connectivity index (χ3n) is 3.97. The number of aliphatic hydroxyl groups is 2. The minimum atomic E-state index is -1.07. The average Bonchev–Trinajstić information content (AvgIpc) is 2.79. The van der Waals surface area contributed by atoms with E-state index in [9.17, 15) is 14.7 Å². The van der Waals surface area contributed by atoms with Crippen molar-refractivity contribution in [2.24, 2.45) is 0 Å². The van der Waals surface area contributed by atoms with Crippen molar-refractivity contribution < 1.29 is 24.5 Å². The maximum atomic E-state index is 11.9. The maximum absolute atomic E-state index is 11.9. The molecular formula is C17H28O5. The van der Waals surface area contributed by atoms with Crippen molar-refractivity contribution in [3.05, 3.63) is 11.3 Å². The summed E-state index contributed by atoms with van der Waals surface area (Å²) in [5, 5.41) is 18.6. The number of hydrogen-bond donors (Lipinski definition) is 2. The molecule has 0 radical (unpaired) electrons. The molecule has 0 aromatic rings. The van der Waals surface area contributed by atoms with E-state index in [4.69, 9.17) is 9.84 Å². The van der Waals surface area contributed by atoms with Gasteiger partial charge in [0.15, 0.2) is 17.6 Å². The number of carbonyl (C=O) groups is 2. The maximum Gasteiger partial charge on any atom is 0.346 e. The summed E-state index contributed by atoms with van der Waals surface area (Å²) < 4.78 is 4.71. The van der Waals surface area contributed by atoms with Gasteiger partial charge in [0.1, 0.15) is 5.57 Å². The molecule has 1 atom stereocenters. The highest BCUT2D eigenvalue weighted by atomic mass is 16.6. The molecule has 2 N–H and O–H groups in total. The van der Waals surface area contributed by atoms with Crippen LogP contribution in [0.5, 0.6) is 0 Å². The molecule has 0 aromatic carbocycles. The molecule has 22 heavy (non-hydrogen) atoms. The van der Waals surface area contributed by atoms with Crippen LogP contribution in [0.25, 0.3) is 0 Å². The Morgan fingerprint density at radius 1 is 1.05 bits per heavy atom. The Morgan fingerprint density at radius 2 is 1.59 bits per heavy atom. The molecule has 0 bridgehead atoms. The minimum Gasteiger partial charge on any atom is -0.507 e. The highest BCUT2D eigenvalue weighted by Crippen LogP contribution is 2.23. The SMILES string of the molecule is CCCCCCCCCCCC(=O)C1=C(O)C(CO)OC1=O. The van der Waals surface area contributed by atoms with Crippen molar-refractivity contribution in [2.75, 3.05) is 6.61 Å². The minimum absolute atomic E-state index is 0.239. The van der Waals surface area contributed by atoms with E-state index in [0.29, 0.717) is 6.42 Å². The summed E-state index contributed by atoms with van der Waals surface area (Å²) in [6.07, 6.45) is 9.48. The largest absolute Gasteiger partial charge is 0.507 e. The normalized spacial score (nSPS) is 17.9. The smallest absolute Gasteiger partial charge is 0.346 e. The lowest BCUT2D eigenvalue weighted by Gasteiger charge is -2.03. The van der Waals surface area contributed by atoms with E-state index in [-0.39, 0.29) is 17.8 Å². The summed E-state index contributed by atoms with van der Waals surface area (Å²) in [7, 11) is 0. The van der Waals surface area contributed by atoms with Gasteiger partial charge in [0.25, 0.3) is 0 Å². The molecule has 1 rings (SSSR count). The first-order valence-electron chi connectivity index (χ1n) is 8.40. The van der Waals surface area contributed by atoms with Crippen LogP contribution < -0.4 is 0 Å². The molecule has 5 nitrogen and oxygen atoms in total. The summed E-state index contributed by atoms with van der Waals surface area (Å²) in [5.74, 6) is -1.63.